The molecule has 0 aromatic heterocycles. The van der Waals surface area contributed by atoms with Crippen molar-refractivity contribution in [3.63, 3.8) is 0 Å². The zero-order valence-electron chi connectivity index (χ0n) is 25.2. The van der Waals surface area contributed by atoms with Gasteiger partial charge in [0.05, 0.1) is 7.11 Å². The summed E-state index contributed by atoms with van der Waals surface area (Å²) in [7, 11) is -2.44. The van der Waals surface area contributed by atoms with Crippen LogP contribution >= 0.6 is 0 Å². The lowest BCUT2D eigenvalue weighted by molar-refractivity contribution is -0.147. The van der Waals surface area contributed by atoms with Crippen molar-refractivity contribution in [1.29, 1.82) is 0 Å². The van der Waals surface area contributed by atoms with Crippen LogP contribution in [0.25, 0.3) is 0 Å². The second kappa shape index (κ2) is 11.2. The van der Waals surface area contributed by atoms with Crippen molar-refractivity contribution in [3.8, 4) is 5.75 Å². The molecular formula is C33H48N2O5S. The summed E-state index contributed by atoms with van der Waals surface area (Å²) in [5.41, 5.74) is 1.58. The molecule has 4 unspecified atom stereocenters. The van der Waals surface area contributed by atoms with E-state index in [0.29, 0.717) is 31.3 Å². The number of allylic oxidation sites excluding steroid dienone is 3. The Bertz CT molecular complexity index is 1310. The van der Waals surface area contributed by atoms with E-state index >= 15 is 0 Å². The molecule has 2 N–H and O–H groups in total. The summed E-state index contributed by atoms with van der Waals surface area (Å²) < 4.78 is 33.4. The summed E-state index contributed by atoms with van der Waals surface area (Å²) in [6.45, 7) is 12.2. The van der Waals surface area contributed by atoms with Crippen LogP contribution in [0, 0.1) is 28.1 Å². The van der Waals surface area contributed by atoms with Gasteiger partial charge in [0.15, 0.2) is 9.84 Å². The van der Waals surface area contributed by atoms with Gasteiger partial charge in [0.1, 0.15) is 22.1 Å². The van der Waals surface area contributed by atoms with E-state index in [1.807, 2.05) is 0 Å². The van der Waals surface area contributed by atoms with E-state index in [9.17, 15) is 18.3 Å². The molecule has 1 aromatic rings. The number of hydrogen-bond acceptors (Lipinski definition) is 6. The largest absolute Gasteiger partial charge is 0.495 e. The minimum absolute atomic E-state index is 0.0494. The van der Waals surface area contributed by atoms with E-state index < -0.39 is 27.2 Å². The van der Waals surface area contributed by atoms with E-state index in [1.165, 1.54) is 7.11 Å². The summed E-state index contributed by atoms with van der Waals surface area (Å²) in [6, 6.07) is 5.73. The maximum absolute atomic E-state index is 14.0. The van der Waals surface area contributed by atoms with Crippen LogP contribution in [0.3, 0.4) is 0 Å². The van der Waals surface area contributed by atoms with Gasteiger partial charge >= 0.3 is 5.97 Å². The summed E-state index contributed by atoms with van der Waals surface area (Å²) in [4.78, 5) is 14.9. The number of benzene rings is 1. The fourth-order valence-corrected chi connectivity index (χ4v) is 11.1. The predicted octanol–water partition coefficient (Wildman–Crippen LogP) is 5.68. The van der Waals surface area contributed by atoms with E-state index in [4.69, 9.17) is 4.74 Å². The van der Waals surface area contributed by atoms with Gasteiger partial charge < -0.3 is 15.2 Å². The molecule has 7 nitrogen and oxygen atoms in total. The number of piperazine rings is 1. The van der Waals surface area contributed by atoms with Crippen molar-refractivity contribution in [2.75, 3.05) is 26.7 Å². The smallest absolute Gasteiger partial charge is 0.320 e. The van der Waals surface area contributed by atoms with Gasteiger partial charge in [-0.2, -0.15) is 0 Å². The number of carbonyl (C=O) groups is 1. The topological polar surface area (TPSA) is 95.9 Å². The van der Waals surface area contributed by atoms with Crippen molar-refractivity contribution in [2.45, 2.75) is 88.4 Å². The van der Waals surface area contributed by atoms with E-state index in [-0.39, 0.29) is 33.4 Å². The van der Waals surface area contributed by atoms with Gasteiger partial charge in [-0.1, -0.05) is 57.0 Å². The van der Waals surface area contributed by atoms with E-state index in [2.05, 4.69) is 44.8 Å². The number of carboxylic acids is 1. The van der Waals surface area contributed by atoms with Crippen molar-refractivity contribution in [1.82, 2.24) is 10.2 Å². The molecule has 4 aliphatic rings. The molecule has 7 atom stereocenters. The number of carboxylic acid groups (broad SMARTS) is 1. The highest BCUT2D eigenvalue weighted by atomic mass is 32.2. The maximum atomic E-state index is 14.0. The average molecular weight is 585 g/mol. The third kappa shape index (κ3) is 5.29. The third-order valence-corrected chi connectivity index (χ3v) is 13.4. The molecule has 2 saturated carbocycles. The standard InChI is InChI=1S/C33H48N2O5S/c1-6-31(2)17-14-24-23(20-31)12-13-28-32(3,15-9-16-33(24,28)4)21-25(30(36)37)35-19-18-34-22-29(35)41(38,39)27-11-8-7-10-26(27)40-5/h6-8,10-11,14,23,25,28-29,34H,1,9,12-13,15-22H2,2-5H3,(H,36,37)/t23?,25?,28?,29?,31-,32+,33-/m1/s1. The fourth-order valence-electron chi connectivity index (χ4n) is 9.12. The van der Waals surface area contributed by atoms with Crippen LogP contribution in [0.2, 0.25) is 0 Å². The number of nitrogens with one attached hydrogen (secondary N) is 1. The summed E-state index contributed by atoms with van der Waals surface area (Å²) in [5.74, 6) is 0.278. The van der Waals surface area contributed by atoms with E-state index in [1.54, 1.807) is 34.7 Å². The minimum Gasteiger partial charge on any atom is -0.495 e. The predicted molar refractivity (Wildman–Crippen MR) is 161 cm³/mol. The van der Waals surface area contributed by atoms with Crippen molar-refractivity contribution in [2.24, 2.45) is 28.1 Å². The molecule has 0 bridgehead atoms. The molecule has 1 saturated heterocycles. The molecule has 3 fully saturated rings. The first kappa shape index (κ1) is 30.3. The molecule has 226 valence electrons. The number of hydrogen-bond donors (Lipinski definition) is 2. The Balaban J connectivity index is 1.46. The van der Waals surface area contributed by atoms with Crippen LogP contribution in [-0.2, 0) is 14.6 Å². The summed E-state index contributed by atoms with van der Waals surface area (Å²) in [6.07, 6.45) is 12.6. The van der Waals surface area contributed by atoms with Gasteiger partial charge in [-0.05, 0) is 85.2 Å². The van der Waals surface area contributed by atoms with Gasteiger partial charge in [0, 0.05) is 19.6 Å². The molecule has 8 heteroatoms. The number of para-hydroxylation sites is 1. The second-order valence-corrected chi connectivity index (χ2v) is 15.9. The third-order valence-electron chi connectivity index (χ3n) is 11.3. The lowest BCUT2D eigenvalue weighted by Crippen LogP contribution is -2.61. The number of fused-ring (bicyclic) bond motifs is 3. The summed E-state index contributed by atoms with van der Waals surface area (Å²) >= 11 is 0. The first-order valence-corrected chi connectivity index (χ1v) is 16.8. The maximum Gasteiger partial charge on any atom is 0.320 e. The fraction of sp³-hybridized carbons (Fsp3) is 0.667. The zero-order valence-corrected chi connectivity index (χ0v) is 26.0. The number of sulfone groups is 1. The van der Waals surface area contributed by atoms with Crippen molar-refractivity contribution >= 4 is 15.8 Å². The monoisotopic (exact) mass is 584 g/mol. The van der Waals surface area contributed by atoms with Gasteiger partial charge in [-0.3, -0.25) is 9.69 Å². The highest BCUT2D eigenvalue weighted by molar-refractivity contribution is 7.92. The molecular weight excluding hydrogens is 536 g/mol. The molecule has 1 heterocycles. The Kier molecular flexibility index (Phi) is 8.25. The SMILES string of the molecule is C=C[C@]1(C)CC=C2C(CCC3[C@](C)(CC(C(=O)O)N4CCNCC4S(=O)(=O)c4ccccc4OC)CCC[C@]23C)C1. The van der Waals surface area contributed by atoms with Crippen LogP contribution in [0.5, 0.6) is 5.75 Å². The van der Waals surface area contributed by atoms with Crippen molar-refractivity contribution < 1.29 is 23.1 Å². The quantitative estimate of drug-likeness (QED) is 0.380. The van der Waals surface area contributed by atoms with Crippen LogP contribution < -0.4 is 10.1 Å². The highest BCUT2D eigenvalue weighted by Gasteiger charge is 2.56. The molecule has 0 radical (unpaired) electrons. The lowest BCUT2D eigenvalue weighted by atomic mass is 9.45. The van der Waals surface area contributed by atoms with Gasteiger partial charge in [-0.15, -0.1) is 6.58 Å². The number of rotatable bonds is 8. The van der Waals surface area contributed by atoms with Crippen LogP contribution in [0.1, 0.15) is 72.1 Å². The molecule has 0 amide bonds. The normalized spacial score (nSPS) is 36.8. The number of methoxy groups -OCH3 is 1. The zero-order chi connectivity index (χ0) is 29.6. The molecule has 3 aliphatic carbocycles. The van der Waals surface area contributed by atoms with Gasteiger partial charge in [0.2, 0.25) is 0 Å². The first-order valence-electron chi connectivity index (χ1n) is 15.3. The highest BCUT2D eigenvalue weighted by Crippen LogP contribution is 2.65. The molecule has 0 spiro atoms. The molecule has 1 aromatic carbocycles. The first-order chi connectivity index (χ1) is 19.4. The molecule has 41 heavy (non-hydrogen) atoms. The van der Waals surface area contributed by atoms with Crippen molar-refractivity contribution in [3.05, 3.63) is 48.6 Å². The Morgan fingerprint density at radius 2 is 2.00 bits per heavy atom. The van der Waals surface area contributed by atoms with Crippen LogP contribution in [-0.4, -0.2) is 62.6 Å². The Hall–Kier alpha value is -2.16. The number of aliphatic carboxylic acids is 1. The molecule has 1 aliphatic heterocycles. The number of ether oxygens (including phenoxy) is 1. The van der Waals surface area contributed by atoms with Gasteiger partial charge in [-0.25, -0.2) is 8.42 Å². The van der Waals surface area contributed by atoms with Crippen LogP contribution in [0.4, 0.5) is 0 Å². The summed E-state index contributed by atoms with van der Waals surface area (Å²) in [5, 5.41) is 12.9. The Labute approximate surface area is 246 Å². The van der Waals surface area contributed by atoms with E-state index in [0.717, 1.165) is 44.9 Å². The van der Waals surface area contributed by atoms with Gasteiger partial charge in [0.25, 0.3) is 0 Å². The second-order valence-electron chi connectivity index (χ2n) is 13.8. The Morgan fingerprint density at radius 1 is 1.24 bits per heavy atom. The Morgan fingerprint density at radius 3 is 2.71 bits per heavy atom. The number of nitrogens with zero attached hydrogens (tertiary/aromatic N) is 1. The average Bonchev–Trinajstić information content (AvgIpc) is 2.95. The lowest BCUT2D eigenvalue weighted by Gasteiger charge is -2.60. The van der Waals surface area contributed by atoms with Crippen LogP contribution in [0.15, 0.2) is 53.5 Å². The minimum atomic E-state index is -3.90. The molecule has 5 rings (SSSR count).